The Hall–Kier alpha value is -9.08. The van der Waals surface area contributed by atoms with Crippen LogP contribution in [0.3, 0.4) is 0 Å². The lowest BCUT2D eigenvalue weighted by Crippen LogP contribution is -2.18. The molecule has 102 heavy (non-hydrogen) atoms. The van der Waals surface area contributed by atoms with Crippen LogP contribution in [0.15, 0.2) is 73.6 Å². The van der Waals surface area contributed by atoms with Gasteiger partial charge in [-0.15, -0.1) is 0 Å². The Morgan fingerprint density at radius 1 is 0.304 bits per heavy atom. The molecule has 0 unspecified atom stereocenters. The van der Waals surface area contributed by atoms with Crippen LogP contribution in [0, 0.1) is 13.8 Å². The normalized spacial score (nSPS) is 12.3. The number of hydrogen-bond donors (Lipinski definition) is 6. The van der Waals surface area contributed by atoms with Gasteiger partial charge in [0.15, 0.2) is 11.5 Å². The zero-order valence-corrected chi connectivity index (χ0v) is 66.3. The third kappa shape index (κ3) is 24.9. The van der Waals surface area contributed by atoms with Crippen molar-refractivity contribution in [3.05, 3.63) is 131 Å². The minimum atomic E-state index is 0.300. The lowest BCUT2D eigenvalue weighted by Gasteiger charge is -2.20. The third-order valence-electron chi connectivity index (χ3n) is 15.7. The number of nitrogens with zero attached hydrogens (tertiary/aromatic N) is 16. The zero-order valence-electron chi connectivity index (χ0n) is 66.3. The zero-order chi connectivity index (χ0) is 75.1. The number of nitrogens with one attached hydrogen (secondary N) is 6. The van der Waals surface area contributed by atoms with E-state index in [0.717, 1.165) is 138 Å². The van der Waals surface area contributed by atoms with Crippen molar-refractivity contribution in [3.63, 3.8) is 0 Å². The molecule has 22 heteroatoms. The van der Waals surface area contributed by atoms with Gasteiger partial charge in [-0.3, -0.25) is 15.0 Å². The lowest BCUT2D eigenvalue weighted by molar-refractivity contribution is 0.600. The fraction of sp³-hybridized carbons (Fsp3) is 0.550. The summed E-state index contributed by atoms with van der Waals surface area (Å²) in [7, 11) is 0. The summed E-state index contributed by atoms with van der Waals surface area (Å²) in [5.74, 6) is 12.9. The summed E-state index contributed by atoms with van der Waals surface area (Å²) < 4.78 is 0. The van der Waals surface area contributed by atoms with Crippen molar-refractivity contribution in [2.24, 2.45) is 0 Å². The predicted octanol–water partition coefficient (Wildman–Crippen LogP) is 19.0. The van der Waals surface area contributed by atoms with E-state index in [1.807, 2.05) is 49.5 Å². The van der Waals surface area contributed by atoms with Crippen LogP contribution in [0.2, 0.25) is 0 Å². The van der Waals surface area contributed by atoms with E-state index in [1.165, 1.54) is 36.9 Å². The van der Waals surface area contributed by atoms with Gasteiger partial charge in [0.2, 0.25) is 0 Å². The minimum absolute atomic E-state index is 0.300. The largest absolute Gasteiger partial charge is 0.368 e. The number of aryl methyl sites for hydroxylation is 2. The molecule has 550 valence electrons. The molecule has 0 fully saturated rings. The van der Waals surface area contributed by atoms with Gasteiger partial charge < -0.3 is 31.9 Å². The van der Waals surface area contributed by atoms with Crippen LogP contribution >= 0.6 is 0 Å². The molecule has 11 rings (SSSR count). The summed E-state index contributed by atoms with van der Waals surface area (Å²) in [6, 6.07) is 13.8. The lowest BCUT2D eigenvalue weighted by atomic mass is 9.97. The highest BCUT2D eigenvalue weighted by molar-refractivity contribution is 5.90. The molecule has 0 saturated carbocycles. The van der Waals surface area contributed by atoms with E-state index in [9.17, 15) is 0 Å². The quantitative estimate of drug-likeness (QED) is 0.0466. The molecule has 6 N–H and O–H groups in total. The molecule has 1 aliphatic carbocycles. The van der Waals surface area contributed by atoms with E-state index < -0.39 is 0 Å². The highest BCUT2D eigenvalue weighted by atomic mass is 15.1. The first kappa shape index (κ1) is 81.9. The first-order chi connectivity index (χ1) is 48.3. The molecule has 10 heterocycles. The molecular weight excluding hydrogens is 1270 g/mol. The molecule has 0 radical (unpaired) electrons. The summed E-state index contributed by atoms with van der Waals surface area (Å²) in [4.78, 5) is 71.9. The van der Waals surface area contributed by atoms with Crippen molar-refractivity contribution in [1.29, 1.82) is 0 Å². The number of hydrogen-bond acceptors (Lipinski definition) is 22. The maximum Gasteiger partial charge on any atom is 0.164 e. The van der Waals surface area contributed by atoms with E-state index in [-0.39, 0.29) is 0 Å². The molecule has 0 spiro atoms. The fourth-order valence-corrected chi connectivity index (χ4v) is 10.5. The van der Waals surface area contributed by atoms with E-state index in [2.05, 4.69) is 275 Å². The van der Waals surface area contributed by atoms with Crippen molar-refractivity contribution in [2.45, 2.75) is 290 Å². The second-order valence-corrected chi connectivity index (χ2v) is 29.9. The maximum absolute atomic E-state index is 4.83. The molecule has 22 nitrogen and oxygen atoms in total. The average molecular weight is 1390 g/mol. The molecule has 0 aliphatic heterocycles. The van der Waals surface area contributed by atoms with Crippen molar-refractivity contribution < 1.29 is 0 Å². The van der Waals surface area contributed by atoms with Crippen LogP contribution < -0.4 is 31.9 Å². The molecule has 1 aliphatic rings. The molecule has 0 saturated heterocycles. The number of anilines is 6. The Labute approximate surface area is 608 Å². The molecule has 0 aromatic carbocycles. The molecular formula is C80H120N22. The molecule has 10 aromatic heterocycles. The number of rotatable bonds is 18. The average Bonchev–Trinajstić information content (AvgIpc) is 0.727. The monoisotopic (exact) mass is 1390 g/mol. The first-order valence-electron chi connectivity index (χ1n) is 37.1. The minimum Gasteiger partial charge on any atom is -0.368 e. The van der Waals surface area contributed by atoms with Gasteiger partial charge in [0.25, 0.3) is 0 Å². The van der Waals surface area contributed by atoms with Crippen LogP contribution in [-0.2, 0) is 12.8 Å². The van der Waals surface area contributed by atoms with Gasteiger partial charge in [0.1, 0.15) is 69.6 Å². The van der Waals surface area contributed by atoms with E-state index in [0.29, 0.717) is 71.8 Å². The van der Waals surface area contributed by atoms with Crippen LogP contribution in [0.1, 0.15) is 285 Å². The summed E-state index contributed by atoms with van der Waals surface area (Å²) in [6.07, 6.45) is 18.1. The number of fused-ring (bicyclic) bond motifs is 5. The van der Waals surface area contributed by atoms with Crippen LogP contribution in [0.4, 0.5) is 34.9 Å². The summed E-state index contributed by atoms with van der Waals surface area (Å²) in [6.45, 7) is 54.8. The fourth-order valence-electron chi connectivity index (χ4n) is 10.5. The van der Waals surface area contributed by atoms with Gasteiger partial charge >= 0.3 is 0 Å². The Morgan fingerprint density at radius 3 is 1.26 bits per heavy atom. The summed E-state index contributed by atoms with van der Waals surface area (Å²) in [5.41, 5.74) is 9.22. The third-order valence-corrected chi connectivity index (χ3v) is 15.7. The molecule has 0 amide bonds. The highest BCUT2D eigenvalue weighted by Gasteiger charge is 2.20. The predicted molar refractivity (Wildman–Crippen MR) is 426 cm³/mol. The second kappa shape index (κ2) is 39.4. The van der Waals surface area contributed by atoms with Gasteiger partial charge in [0, 0.05) is 131 Å². The second-order valence-electron chi connectivity index (χ2n) is 29.9. The number of aromatic nitrogens is 16. The van der Waals surface area contributed by atoms with E-state index in [1.54, 1.807) is 31.0 Å². The molecule has 0 bridgehead atoms. The van der Waals surface area contributed by atoms with Crippen LogP contribution in [0.5, 0.6) is 0 Å². The van der Waals surface area contributed by atoms with Gasteiger partial charge in [0.05, 0.1) is 33.5 Å². The smallest absolute Gasteiger partial charge is 0.164 e. The Balaban J connectivity index is 0.000000193. The Morgan fingerprint density at radius 2 is 0.706 bits per heavy atom. The summed E-state index contributed by atoms with van der Waals surface area (Å²) >= 11 is 0. The SMILES string of the molecule is CC(C)Nc1nc(C(C)C)nc2c1CCCCCC2.CC(C)Nc1nc(C(C)C)nc2cccnc12.CC(C)Nc1nc(C(C)C)nc2ccncc12.CC(C)Nc1nc(C(C)C)nc2cnccc12.CC(C)Nc1nc(C(C)C)nc2ncccc12.Cc1nc(C(C)C)nc(NC(C)C)c1C. The van der Waals surface area contributed by atoms with Crippen molar-refractivity contribution in [1.82, 2.24) is 79.7 Å². The van der Waals surface area contributed by atoms with Crippen LogP contribution in [-0.4, -0.2) is 116 Å². The number of pyridine rings is 4. The standard InChI is InChI=1S/C16H27N3.4C13H18N4.C12H21N3/c1-11(2)15-18-14-10-8-6-5-7-9-13(14)16(19-15)17-12(3)4;1-8(2)12-16-11-5-6-14-7-10(11)13(17-12)15-9(3)4;1-8(2)12-16-11-7-14-6-5-10(11)13(17-12)15-9(3)4;1-8(2)12-16-10-6-5-7-14-11(10)13(17-12)15-9(3)4;1-8(2)11-16-12-10(6-5-7-14-12)13(17-11)15-9(3)4;1-7(2)11-14-10(6)9(5)12(15-11)13-8(3)4/h11-12H,5-10H2,1-4H3,(H,17,18,19);3*5-9H,1-4H3,(H,15,16,17);5-9H,1-4H3,(H,14,15,16,17);7-8H,1-6H3,(H,13,14,15). The van der Waals surface area contributed by atoms with Gasteiger partial charge in [-0.2, -0.15) is 0 Å². The van der Waals surface area contributed by atoms with E-state index in [4.69, 9.17) is 9.97 Å². The Bertz CT molecular complexity index is 3850. The molecule has 10 aromatic rings. The van der Waals surface area contributed by atoms with Gasteiger partial charge in [-0.05, 0) is 159 Å². The van der Waals surface area contributed by atoms with E-state index >= 15 is 0 Å². The van der Waals surface area contributed by atoms with Crippen LogP contribution in [0.25, 0.3) is 43.9 Å². The van der Waals surface area contributed by atoms with Crippen molar-refractivity contribution >= 4 is 78.8 Å². The molecule has 0 atom stereocenters. The first-order valence-corrected chi connectivity index (χ1v) is 37.1. The summed E-state index contributed by atoms with van der Waals surface area (Å²) in [5, 5.41) is 23.3. The highest BCUT2D eigenvalue weighted by Crippen LogP contribution is 2.30. The van der Waals surface area contributed by atoms with Gasteiger partial charge in [-0.1, -0.05) is 95.9 Å². The van der Waals surface area contributed by atoms with Crippen molar-refractivity contribution in [3.8, 4) is 0 Å². The van der Waals surface area contributed by atoms with Crippen molar-refractivity contribution in [2.75, 3.05) is 31.9 Å². The Kier molecular flexibility index (Phi) is 31.6. The topological polar surface area (TPSA) is 278 Å². The van der Waals surface area contributed by atoms with Gasteiger partial charge in [-0.25, -0.2) is 64.8 Å². The maximum atomic E-state index is 4.83.